The van der Waals surface area contributed by atoms with Crippen LogP contribution in [0.4, 0.5) is 0 Å². The van der Waals surface area contributed by atoms with Crippen molar-refractivity contribution >= 4 is 11.9 Å². The predicted octanol–water partition coefficient (Wildman–Crippen LogP) is -1.06. The lowest BCUT2D eigenvalue weighted by Crippen LogP contribution is -2.42. The van der Waals surface area contributed by atoms with Crippen LogP contribution in [0.15, 0.2) is 0 Å². The van der Waals surface area contributed by atoms with Gasteiger partial charge in [0, 0.05) is 13.7 Å². The molecule has 0 saturated heterocycles. The zero-order chi connectivity index (χ0) is 11.1. The van der Waals surface area contributed by atoms with Crippen molar-refractivity contribution in [3.63, 3.8) is 0 Å². The summed E-state index contributed by atoms with van der Waals surface area (Å²) in [5.74, 6) is -1.29. The Balaban J connectivity index is 3.83. The van der Waals surface area contributed by atoms with Gasteiger partial charge in [0.2, 0.25) is 5.91 Å². The molecule has 0 aliphatic heterocycles. The maximum absolute atomic E-state index is 11.0. The zero-order valence-corrected chi connectivity index (χ0v) is 8.32. The molecule has 0 aromatic carbocycles. The maximum atomic E-state index is 11.0. The first-order valence-electron chi connectivity index (χ1n) is 4.25. The van der Waals surface area contributed by atoms with E-state index in [1.807, 2.05) is 0 Å². The summed E-state index contributed by atoms with van der Waals surface area (Å²) in [6, 6.07) is -0.600. The molecule has 0 saturated carbocycles. The van der Waals surface area contributed by atoms with Gasteiger partial charge in [0.1, 0.15) is 0 Å². The van der Waals surface area contributed by atoms with Gasteiger partial charge in [-0.25, -0.2) is 0 Å². The molecular formula is C8H16N2O4. The normalized spacial score (nSPS) is 14.5. The van der Waals surface area contributed by atoms with Crippen LogP contribution >= 0.6 is 0 Å². The summed E-state index contributed by atoms with van der Waals surface area (Å²) in [5, 5.41) is 11.0. The smallest absolute Gasteiger partial charge is 0.306 e. The van der Waals surface area contributed by atoms with Crippen LogP contribution in [0.25, 0.3) is 0 Å². The fourth-order valence-electron chi connectivity index (χ4n) is 0.809. The minimum Gasteiger partial charge on any atom is -0.481 e. The number of amides is 1. The van der Waals surface area contributed by atoms with Crippen molar-refractivity contribution in [2.75, 3.05) is 13.7 Å². The average molecular weight is 204 g/mol. The molecule has 0 spiro atoms. The fourth-order valence-corrected chi connectivity index (χ4v) is 0.809. The van der Waals surface area contributed by atoms with Gasteiger partial charge >= 0.3 is 5.97 Å². The molecule has 0 aromatic rings. The van der Waals surface area contributed by atoms with Crippen molar-refractivity contribution in [3.8, 4) is 0 Å². The van der Waals surface area contributed by atoms with Gasteiger partial charge in [-0.3, -0.25) is 9.59 Å². The van der Waals surface area contributed by atoms with Crippen molar-refractivity contribution in [1.29, 1.82) is 0 Å². The number of nitrogens with one attached hydrogen (secondary N) is 1. The topological polar surface area (TPSA) is 102 Å². The van der Waals surface area contributed by atoms with E-state index < -0.39 is 18.1 Å². The van der Waals surface area contributed by atoms with E-state index in [0.717, 1.165) is 0 Å². The predicted molar refractivity (Wildman–Crippen MR) is 49.7 cm³/mol. The number of methoxy groups -OCH3 is 1. The Hall–Kier alpha value is -1.14. The number of carboxylic acids is 1. The molecule has 82 valence electrons. The van der Waals surface area contributed by atoms with Crippen LogP contribution in [0.1, 0.15) is 13.3 Å². The van der Waals surface area contributed by atoms with Crippen LogP contribution < -0.4 is 11.1 Å². The number of carboxylic acid groups (broad SMARTS) is 1. The molecule has 0 fully saturated rings. The fraction of sp³-hybridized carbons (Fsp3) is 0.750. The Morgan fingerprint density at radius 3 is 2.50 bits per heavy atom. The summed E-state index contributed by atoms with van der Waals surface area (Å²) in [7, 11) is 1.39. The number of hydrogen-bond acceptors (Lipinski definition) is 4. The van der Waals surface area contributed by atoms with Crippen molar-refractivity contribution in [2.45, 2.75) is 25.5 Å². The van der Waals surface area contributed by atoms with Crippen LogP contribution in [0, 0.1) is 0 Å². The monoisotopic (exact) mass is 204 g/mol. The minimum absolute atomic E-state index is 0.143. The molecule has 0 bridgehead atoms. The Morgan fingerprint density at radius 1 is 1.57 bits per heavy atom. The van der Waals surface area contributed by atoms with E-state index in [1.165, 1.54) is 7.11 Å². The number of carbonyl (C=O) groups excluding carboxylic acids is 1. The molecule has 0 aliphatic carbocycles. The number of rotatable bonds is 6. The Morgan fingerprint density at radius 2 is 2.14 bits per heavy atom. The molecule has 14 heavy (non-hydrogen) atoms. The first-order chi connectivity index (χ1) is 6.47. The lowest BCUT2D eigenvalue weighted by Gasteiger charge is -2.14. The van der Waals surface area contributed by atoms with E-state index in [0.29, 0.717) is 0 Å². The number of aliphatic carboxylic acids is 1. The Kier molecular flexibility index (Phi) is 5.82. The van der Waals surface area contributed by atoms with E-state index in [-0.39, 0.29) is 18.9 Å². The quantitative estimate of drug-likeness (QED) is 0.512. The van der Waals surface area contributed by atoms with E-state index in [4.69, 9.17) is 15.6 Å². The third kappa shape index (κ3) is 5.50. The highest BCUT2D eigenvalue weighted by molar-refractivity contribution is 5.81. The van der Waals surface area contributed by atoms with E-state index in [2.05, 4.69) is 5.32 Å². The van der Waals surface area contributed by atoms with Gasteiger partial charge in [-0.05, 0) is 6.92 Å². The minimum atomic E-state index is -0.966. The zero-order valence-electron chi connectivity index (χ0n) is 8.32. The van der Waals surface area contributed by atoms with Crippen LogP contribution in [0.3, 0.4) is 0 Å². The number of nitrogens with two attached hydrogens (primary N) is 1. The largest absolute Gasteiger partial charge is 0.481 e. The van der Waals surface area contributed by atoms with Crippen LogP contribution in [0.2, 0.25) is 0 Å². The van der Waals surface area contributed by atoms with Crippen molar-refractivity contribution < 1.29 is 19.4 Å². The second-order valence-corrected chi connectivity index (χ2v) is 2.99. The van der Waals surface area contributed by atoms with Gasteiger partial charge in [0.05, 0.1) is 18.6 Å². The summed E-state index contributed by atoms with van der Waals surface area (Å²) >= 11 is 0. The van der Waals surface area contributed by atoms with Crippen molar-refractivity contribution in [3.05, 3.63) is 0 Å². The highest BCUT2D eigenvalue weighted by Gasteiger charge is 2.14. The molecule has 4 N–H and O–H groups in total. The highest BCUT2D eigenvalue weighted by atomic mass is 16.5. The molecule has 6 heteroatoms. The van der Waals surface area contributed by atoms with Gasteiger partial charge in [-0.15, -0.1) is 0 Å². The number of ether oxygens (including phenoxy) is 1. The van der Waals surface area contributed by atoms with Crippen LogP contribution in [0.5, 0.6) is 0 Å². The number of hydrogen-bond donors (Lipinski definition) is 3. The van der Waals surface area contributed by atoms with E-state index >= 15 is 0 Å². The molecular weight excluding hydrogens is 188 g/mol. The van der Waals surface area contributed by atoms with Gasteiger partial charge in [-0.1, -0.05) is 0 Å². The van der Waals surface area contributed by atoms with Gasteiger partial charge in [0.15, 0.2) is 0 Å². The first-order valence-corrected chi connectivity index (χ1v) is 4.25. The van der Waals surface area contributed by atoms with Gasteiger partial charge < -0.3 is 20.9 Å². The highest BCUT2D eigenvalue weighted by Crippen LogP contribution is 1.95. The lowest BCUT2D eigenvalue weighted by molar-refractivity contribution is -0.140. The lowest BCUT2D eigenvalue weighted by atomic mass is 10.2. The maximum Gasteiger partial charge on any atom is 0.306 e. The molecule has 1 unspecified atom stereocenters. The van der Waals surface area contributed by atoms with Crippen molar-refractivity contribution in [2.24, 2.45) is 5.73 Å². The Labute approximate surface area is 82.4 Å². The molecule has 2 atom stereocenters. The number of carbonyl (C=O) groups is 2. The van der Waals surface area contributed by atoms with E-state index in [9.17, 15) is 9.59 Å². The standard InChI is InChI=1S/C8H16N2O4/c1-5(9)8(13)10-4-6(14-2)3-7(11)12/h5-6H,3-4,9H2,1-2H3,(H,10,13)(H,11,12)/t5-,6?/m0/s1. The SMILES string of the molecule is COC(CNC(=O)[C@H](C)N)CC(=O)O. The molecule has 0 aliphatic rings. The summed E-state index contributed by atoms with van der Waals surface area (Å²) in [4.78, 5) is 21.3. The third-order valence-electron chi connectivity index (χ3n) is 1.65. The second kappa shape index (κ2) is 6.33. The Bertz CT molecular complexity index is 206. The molecule has 1 amide bonds. The third-order valence-corrected chi connectivity index (χ3v) is 1.65. The van der Waals surface area contributed by atoms with Crippen molar-refractivity contribution in [1.82, 2.24) is 5.32 Å². The molecule has 0 radical (unpaired) electrons. The summed E-state index contributed by atoms with van der Waals surface area (Å²) in [5.41, 5.74) is 5.30. The molecule has 0 aromatic heterocycles. The average Bonchev–Trinajstić information content (AvgIpc) is 2.10. The van der Waals surface area contributed by atoms with Crippen LogP contribution in [-0.4, -0.2) is 42.8 Å². The van der Waals surface area contributed by atoms with Crippen LogP contribution in [-0.2, 0) is 14.3 Å². The summed E-state index contributed by atoms with van der Waals surface area (Å²) in [6.45, 7) is 1.71. The van der Waals surface area contributed by atoms with E-state index in [1.54, 1.807) is 6.92 Å². The molecule has 6 nitrogen and oxygen atoms in total. The first kappa shape index (κ1) is 12.9. The molecule has 0 rings (SSSR count). The summed E-state index contributed by atoms with van der Waals surface area (Å²) < 4.78 is 4.85. The molecule has 0 heterocycles. The van der Waals surface area contributed by atoms with Gasteiger partial charge in [-0.2, -0.15) is 0 Å². The van der Waals surface area contributed by atoms with Gasteiger partial charge in [0.25, 0.3) is 0 Å². The summed E-state index contributed by atoms with van der Waals surface area (Å²) in [6.07, 6.45) is -0.661. The second-order valence-electron chi connectivity index (χ2n) is 2.99.